The van der Waals surface area contributed by atoms with E-state index in [9.17, 15) is 5.11 Å². The van der Waals surface area contributed by atoms with Crippen molar-refractivity contribution >= 4 is 11.0 Å². The maximum atomic E-state index is 12.2. The van der Waals surface area contributed by atoms with Gasteiger partial charge in [-0.1, -0.05) is 139 Å². The second kappa shape index (κ2) is 15.2. The van der Waals surface area contributed by atoms with E-state index in [4.69, 9.17) is 19.6 Å². The van der Waals surface area contributed by atoms with E-state index < -0.39 is 36.6 Å². The van der Waals surface area contributed by atoms with Gasteiger partial charge in [0.15, 0.2) is 0 Å². The van der Waals surface area contributed by atoms with Gasteiger partial charge in [0, 0.05) is 27.1 Å². The van der Waals surface area contributed by atoms with Gasteiger partial charge in [0.2, 0.25) is 0 Å². The van der Waals surface area contributed by atoms with Crippen LogP contribution in [0, 0.1) is 13.8 Å². The minimum atomic E-state index is -2.81. The monoisotopic (exact) mass is 766 g/mol. The normalized spacial score (nSPS) is 13.9. The van der Waals surface area contributed by atoms with E-state index in [1.165, 1.54) is 0 Å². The van der Waals surface area contributed by atoms with Gasteiger partial charge >= 0.3 is 0 Å². The first kappa shape index (κ1) is 30.8. The molecule has 0 saturated carbocycles. The lowest BCUT2D eigenvalue weighted by atomic mass is 9.83. The summed E-state index contributed by atoms with van der Waals surface area (Å²) in [5.74, 6) is 1.08. The minimum absolute atomic E-state index is 0.00340. The van der Waals surface area contributed by atoms with E-state index in [0.717, 1.165) is 66.8 Å². The summed E-state index contributed by atoms with van der Waals surface area (Å²) in [5.41, 5.74) is 11.9. The molecule has 0 atom stereocenters. The summed E-state index contributed by atoms with van der Waals surface area (Å²) in [6.07, 6.45) is 1.57. The molecule has 0 bridgehead atoms. The van der Waals surface area contributed by atoms with Gasteiger partial charge in [-0.25, -0.2) is 4.98 Å². The van der Waals surface area contributed by atoms with Gasteiger partial charge < -0.3 is 5.11 Å². The van der Waals surface area contributed by atoms with Gasteiger partial charge in [-0.05, 0) is 130 Å². The maximum absolute atomic E-state index is 12.2. The topological polar surface area (TPSA) is 50.9 Å². The van der Waals surface area contributed by atoms with Gasteiger partial charge in [-0.3, -0.25) is 9.55 Å². The molecule has 58 heavy (non-hydrogen) atoms. The summed E-state index contributed by atoms with van der Waals surface area (Å²) in [7, 11) is 0. The lowest BCUT2D eigenvalue weighted by molar-refractivity contribution is 0.466. The predicted molar refractivity (Wildman–Crippen MR) is 244 cm³/mol. The Morgan fingerprint density at radius 2 is 1.41 bits per heavy atom. The third kappa shape index (κ3) is 7.47. The third-order valence-electron chi connectivity index (χ3n) is 10.9. The number of aromatic hydroxyl groups is 1. The first-order valence-corrected chi connectivity index (χ1v) is 19.9. The molecule has 0 spiro atoms. The van der Waals surface area contributed by atoms with E-state index in [0.29, 0.717) is 22.6 Å². The van der Waals surface area contributed by atoms with Crippen molar-refractivity contribution in [3.05, 3.63) is 167 Å². The SMILES string of the molecule is [2H]c1c([2H])c(C([2H])([2H])[2H])c([2H])c([2H])c1-c1ccnc(-c2cc(-c3cccc4c3nc(-c3cc(C(C)C)cc(C(C)C)c3O)n4-c3cc(C)cc(-c4ccccc4)c3)cc(C(C)(C)C)c2)c1. The molecule has 0 saturated heterocycles. The minimum Gasteiger partial charge on any atom is -0.507 e. The molecule has 4 nitrogen and oxygen atoms in total. The first-order valence-electron chi connectivity index (χ1n) is 23.4. The highest BCUT2D eigenvalue weighted by atomic mass is 16.3. The number of hydrogen-bond donors (Lipinski definition) is 1. The molecule has 0 amide bonds. The highest BCUT2D eigenvalue weighted by Gasteiger charge is 2.25. The highest BCUT2D eigenvalue weighted by molar-refractivity contribution is 5.97. The Morgan fingerprint density at radius 1 is 0.655 bits per heavy atom. The Labute approximate surface area is 353 Å². The number of hydrogen-bond acceptors (Lipinski definition) is 3. The Hall–Kier alpha value is -6.26. The third-order valence-corrected chi connectivity index (χ3v) is 10.9. The van der Waals surface area contributed by atoms with Crippen LogP contribution in [0.3, 0.4) is 0 Å². The largest absolute Gasteiger partial charge is 0.507 e. The quantitative estimate of drug-likeness (QED) is 0.168. The van der Waals surface area contributed by atoms with Crippen LogP contribution in [0.4, 0.5) is 0 Å². The number of rotatable bonds is 8. The second-order valence-corrected chi connectivity index (χ2v) is 16.9. The predicted octanol–water partition coefficient (Wildman–Crippen LogP) is 14.6. The van der Waals surface area contributed by atoms with E-state index in [1.54, 1.807) is 18.3 Å². The molecule has 0 aliphatic carbocycles. The zero-order chi connectivity index (χ0) is 46.9. The molecule has 8 rings (SSSR count). The molecule has 0 aliphatic rings. The van der Waals surface area contributed by atoms with E-state index >= 15 is 0 Å². The zero-order valence-corrected chi connectivity index (χ0v) is 34.4. The van der Waals surface area contributed by atoms with Crippen LogP contribution in [0.2, 0.25) is 0 Å². The Morgan fingerprint density at radius 3 is 2.12 bits per heavy atom. The van der Waals surface area contributed by atoms with Crippen molar-refractivity contribution in [2.75, 3.05) is 0 Å². The summed E-state index contributed by atoms with van der Waals surface area (Å²) in [6.45, 7) is 14.2. The molecule has 0 radical (unpaired) electrons. The van der Waals surface area contributed by atoms with Gasteiger partial charge in [-0.2, -0.15) is 0 Å². The molecular weight excluding hydrogens is 707 g/mol. The molecule has 4 heteroatoms. The first-order chi connectivity index (χ1) is 30.6. The van der Waals surface area contributed by atoms with Crippen LogP contribution >= 0.6 is 0 Å². The number of phenols is 1. The summed E-state index contributed by atoms with van der Waals surface area (Å²) < 4.78 is 60.5. The van der Waals surface area contributed by atoms with Gasteiger partial charge in [0.1, 0.15) is 11.6 Å². The maximum Gasteiger partial charge on any atom is 0.149 e. The Kier molecular flexibility index (Phi) is 8.10. The van der Waals surface area contributed by atoms with Gasteiger partial charge in [0.25, 0.3) is 0 Å². The Bertz CT molecular complexity index is 3110. The number of phenolic OH excluding ortho intramolecular Hbond substituents is 1. The molecule has 0 aliphatic heterocycles. The fourth-order valence-electron chi connectivity index (χ4n) is 7.65. The summed E-state index contributed by atoms with van der Waals surface area (Å²) in [5, 5.41) is 12.2. The second-order valence-electron chi connectivity index (χ2n) is 16.9. The van der Waals surface area contributed by atoms with Crippen molar-refractivity contribution < 1.29 is 14.7 Å². The smallest absolute Gasteiger partial charge is 0.149 e. The van der Waals surface area contributed by atoms with Crippen molar-refractivity contribution in [1.29, 1.82) is 0 Å². The fourth-order valence-corrected chi connectivity index (χ4v) is 7.65. The molecule has 290 valence electrons. The number of pyridine rings is 1. The molecule has 6 aromatic carbocycles. The van der Waals surface area contributed by atoms with Crippen LogP contribution in [0.5, 0.6) is 5.75 Å². The molecule has 0 fully saturated rings. The van der Waals surface area contributed by atoms with Crippen LogP contribution < -0.4 is 0 Å². The van der Waals surface area contributed by atoms with Crippen LogP contribution in [0.15, 0.2) is 140 Å². The molecule has 8 aromatic rings. The molecule has 0 unspecified atom stereocenters. The number of nitrogens with zero attached hydrogens (tertiary/aromatic N) is 3. The van der Waals surface area contributed by atoms with Crippen LogP contribution in [-0.4, -0.2) is 19.6 Å². The van der Waals surface area contributed by atoms with E-state index in [1.807, 2.05) is 24.3 Å². The molecular formula is C54H53N3O. The highest BCUT2D eigenvalue weighted by Crippen LogP contribution is 2.43. The summed E-state index contributed by atoms with van der Waals surface area (Å²) in [4.78, 5) is 10.3. The number of aromatic nitrogens is 3. The van der Waals surface area contributed by atoms with Crippen molar-refractivity contribution in [2.45, 2.75) is 79.5 Å². The lowest BCUT2D eigenvalue weighted by Crippen LogP contribution is -2.11. The average molecular weight is 767 g/mol. The Balaban J connectivity index is 1.39. The number of aryl methyl sites for hydroxylation is 1. The fraction of sp³-hybridized carbons (Fsp3) is 0.222. The van der Waals surface area contributed by atoms with Crippen LogP contribution in [0.1, 0.15) is 97.7 Å². The number of fused-ring (bicyclic) bond motifs is 1. The van der Waals surface area contributed by atoms with Crippen molar-refractivity contribution in [2.24, 2.45) is 0 Å². The summed E-state index contributed by atoms with van der Waals surface area (Å²) in [6, 6.07) is 34.8. The van der Waals surface area contributed by atoms with Crippen LogP contribution in [-0.2, 0) is 5.41 Å². The molecule has 2 heterocycles. The van der Waals surface area contributed by atoms with Gasteiger partial charge in [0.05, 0.1) is 27.8 Å². The van der Waals surface area contributed by atoms with Crippen molar-refractivity contribution in [3.8, 4) is 67.5 Å². The van der Waals surface area contributed by atoms with Crippen LogP contribution in [0.25, 0.3) is 72.7 Å². The van der Waals surface area contributed by atoms with Crippen molar-refractivity contribution in [1.82, 2.24) is 14.5 Å². The molecule has 1 N–H and O–H groups in total. The number of para-hydroxylation sites is 1. The summed E-state index contributed by atoms with van der Waals surface area (Å²) >= 11 is 0. The van der Waals surface area contributed by atoms with E-state index in [2.05, 4.69) is 133 Å². The lowest BCUT2D eigenvalue weighted by Gasteiger charge is -2.22. The number of benzene rings is 6. The number of imidazole rings is 1. The zero-order valence-electron chi connectivity index (χ0n) is 41.4. The molecule has 2 aromatic heterocycles. The van der Waals surface area contributed by atoms with Gasteiger partial charge in [-0.15, -0.1) is 0 Å². The average Bonchev–Trinajstić information content (AvgIpc) is 3.65. The van der Waals surface area contributed by atoms with E-state index in [-0.39, 0.29) is 28.6 Å². The van der Waals surface area contributed by atoms with Crippen molar-refractivity contribution in [3.63, 3.8) is 0 Å². The standard InChI is InChI=1S/C54H53N3O/c1-33(2)40-30-47(34(3)4)52(58)48(31-40)53-56-51-46(16-13-17-50(51)57(53)45-25-36(6)24-41(29-45)37-14-11-10-12-15-37)42-26-43(28-44(27-42)54(7,8)9)49-32-39(22-23-55-49)38-20-18-35(5)19-21-38/h10-34,58H,1-9H3/i5D3,18D,19D,20D,21D.